The smallest absolute Gasteiger partial charge is 0.337 e. The van der Waals surface area contributed by atoms with Gasteiger partial charge in [0.15, 0.2) is 0 Å². The number of halogens is 1. The first-order chi connectivity index (χ1) is 9.56. The molecule has 0 saturated carbocycles. The van der Waals surface area contributed by atoms with Gasteiger partial charge >= 0.3 is 5.97 Å². The standard InChI is InChI=1S/C12H11FN4O3/c13-8-1-2-10(9(5-8)12(19)20)16-11(18)3-4-17-7-14-6-15-17/h1-2,5-7H,3-4H2,(H,16,18)(H,19,20). The summed E-state index contributed by atoms with van der Waals surface area (Å²) in [6.45, 7) is 0.315. The van der Waals surface area contributed by atoms with E-state index < -0.39 is 17.7 Å². The lowest BCUT2D eigenvalue weighted by molar-refractivity contribution is -0.116. The Bertz CT molecular complexity index is 628. The van der Waals surface area contributed by atoms with Crippen LogP contribution >= 0.6 is 0 Å². The van der Waals surface area contributed by atoms with Gasteiger partial charge in [-0.3, -0.25) is 9.48 Å². The lowest BCUT2D eigenvalue weighted by Crippen LogP contribution is -2.17. The van der Waals surface area contributed by atoms with Crippen molar-refractivity contribution in [2.75, 3.05) is 5.32 Å². The number of carboxylic acid groups (broad SMARTS) is 1. The number of amides is 1. The van der Waals surface area contributed by atoms with Gasteiger partial charge < -0.3 is 10.4 Å². The number of aromatic nitrogens is 3. The number of carbonyl (C=O) groups excluding carboxylic acids is 1. The molecule has 0 aliphatic rings. The lowest BCUT2D eigenvalue weighted by atomic mass is 10.1. The van der Waals surface area contributed by atoms with Gasteiger partial charge in [0.1, 0.15) is 18.5 Å². The highest BCUT2D eigenvalue weighted by atomic mass is 19.1. The van der Waals surface area contributed by atoms with Crippen molar-refractivity contribution < 1.29 is 19.1 Å². The Balaban J connectivity index is 2.02. The van der Waals surface area contributed by atoms with Crippen molar-refractivity contribution in [1.29, 1.82) is 0 Å². The molecule has 0 aliphatic heterocycles. The predicted octanol–water partition coefficient (Wildman–Crippen LogP) is 1.14. The third-order valence-electron chi connectivity index (χ3n) is 2.52. The van der Waals surface area contributed by atoms with E-state index in [1.54, 1.807) is 0 Å². The maximum atomic E-state index is 13.0. The number of rotatable bonds is 5. The molecule has 0 bridgehead atoms. The summed E-state index contributed by atoms with van der Waals surface area (Å²) in [4.78, 5) is 26.4. The summed E-state index contributed by atoms with van der Waals surface area (Å²) in [5.41, 5.74) is -0.235. The molecule has 1 aromatic heterocycles. The molecule has 0 unspecified atom stereocenters. The van der Waals surface area contributed by atoms with Crippen molar-refractivity contribution in [2.45, 2.75) is 13.0 Å². The summed E-state index contributed by atoms with van der Waals surface area (Å²) in [6, 6.07) is 3.15. The molecule has 7 nitrogen and oxygen atoms in total. The van der Waals surface area contributed by atoms with Crippen LogP contribution in [0.2, 0.25) is 0 Å². The van der Waals surface area contributed by atoms with E-state index in [1.165, 1.54) is 23.4 Å². The van der Waals surface area contributed by atoms with Gasteiger partial charge in [0.05, 0.1) is 17.8 Å². The molecule has 2 rings (SSSR count). The van der Waals surface area contributed by atoms with E-state index in [0.717, 1.165) is 12.1 Å². The number of carbonyl (C=O) groups is 2. The molecule has 0 aliphatic carbocycles. The minimum Gasteiger partial charge on any atom is -0.478 e. The van der Waals surface area contributed by atoms with Gasteiger partial charge in [-0.15, -0.1) is 0 Å². The minimum atomic E-state index is -1.31. The van der Waals surface area contributed by atoms with E-state index in [9.17, 15) is 14.0 Å². The van der Waals surface area contributed by atoms with Gasteiger partial charge in [-0.05, 0) is 18.2 Å². The Labute approximate surface area is 113 Å². The third-order valence-corrected chi connectivity index (χ3v) is 2.52. The van der Waals surface area contributed by atoms with Gasteiger partial charge in [0, 0.05) is 6.42 Å². The van der Waals surface area contributed by atoms with Crippen LogP contribution in [0, 0.1) is 5.82 Å². The Morgan fingerprint density at radius 2 is 2.20 bits per heavy atom. The average molecular weight is 278 g/mol. The number of aryl methyl sites for hydroxylation is 1. The number of hydrogen-bond acceptors (Lipinski definition) is 4. The zero-order valence-corrected chi connectivity index (χ0v) is 10.3. The summed E-state index contributed by atoms with van der Waals surface area (Å²) < 4.78 is 14.5. The first-order valence-electron chi connectivity index (χ1n) is 5.71. The van der Waals surface area contributed by atoms with Gasteiger partial charge in [-0.2, -0.15) is 5.10 Å². The van der Waals surface area contributed by atoms with Crippen LogP contribution in [-0.2, 0) is 11.3 Å². The third kappa shape index (κ3) is 3.37. The number of anilines is 1. The molecule has 104 valence electrons. The molecule has 1 aromatic carbocycles. The molecular weight excluding hydrogens is 267 g/mol. The molecule has 1 amide bonds. The van der Waals surface area contributed by atoms with Crippen molar-refractivity contribution in [3.8, 4) is 0 Å². The lowest BCUT2D eigenvalue weighted by Gasteiger charge is -2.08. The number of aromatic carboxylic acids is 1. The van der Waals surface area contributed by atoms with Crippen LogP contribution in [0.4, 0.5) is 10.1 Å². The molecule has 0 saturated heterocycles. The van der Waals surface area contributed by atoms with Gasteiger partial charge in [0.2, 0.25) is 5.91 Å². The second kappa shape index (κ2) is 5.91. The van der Waals surface area contributed by atoms with Crippen LogP contribution in [0.15, 0.2) is 30.9 Å². The minimum absolute atomic E-state index is 0.0579. The maximum absolute atomic E-state index is 13.0. The number of carboxylic acids is 1. The number of nitrogens with zero attached hydrogens (tertiary/aromatic N) is 3. The fraction of sp³-hybridized carbons (Fsp3) is 0.167. The molecule has 20 heavy (non-hydrogen) atoms. The molecule has 2 N–H and O–H groups in total. The fourth-order valence-corrected chi connectivity index (χ4v) is 1.58. The van der Waals surface area contributed by atoms with Crippen molar-refractivity contribution in [3.05, 3.63) is 42.2 Å². The number of hydrogen-bond donors (Lipinski definition) is 2. The Kier molecular flexibility index (Phi) is 4.04. The Morgan fingerprint density at radius 3 is 2.85 bits per heavy atom. The SMILES string of the molecule is O=C(CCn1cncn1)Nc1ccc(F)cc1C(=O)O. The van der Waals surface area contributed by atoms with Crippen LogP contribution in [0.25, 0.3) is 0 Å². The zero-order chi connectivity index (χ0) is 14.5. The van der Waals surface area contributed by atoms with E-state index in [4.69, 9.17) is 5.11 Å². The topological polar surface area (TPSA) is 97.1 Å². The summed E-state index contributed by atoms with van der Waals surface area (Å²) >= 11 is 0. The van der Waals surface area contributed by atoms with Crippen molar-refractivity contribution in [1.82, 2.24) is 14.8 Å². The van der Waals surface area contributed by atoms with Crippen molar-refractivity contribution in [3.63, 3.8) is 0 Å². The Hall–Kier alpha value is -2.77. The molecule has 1 heterocycles. The van der Waals surface area contributed by atoms with E-state index in [-0.39, 0.29) is 17.7 Å². The van der Waals surface area contributed by atoms with Crippen LogP contribution in [-0.4, -0.2) is 31.7 Å². The second-order valence-corrected chi connectivity index (χ2v) is 3.95. The van der Waals surface area contributed by atoms with Crippen LogP contribution in [0.1, 0.15) is 16.8 Å². The normalized spacial score (nSPS) is 10.2. The van der Waals surface area contributed by atoms with Crippen LogP contribution in [0.3, 0.4) is 0 Å². The van der Waals surface area contributed by atoms with Crippen LogP contribution < -0.4 is 5.32 Å². The molecule has 2 aromatic rings. The summed E-state index contributed by atoms with van der Waals surface area (Å²) in [5, 5.41) is 15.2. The molecule has 0 fully saturated rings. The van der Waals surface area contributed by atoms with Crippen molar-refractivity contribution in [2.24, 2.45) is 0 Å². The van der Waals surface area contributed by atoms with Crippen LogP contribution in [0.5, 0.6) is 0 Å². The highest BCUT2D eigenvalue weighted by molar-refractivity contribution is 6.00. The number of benzene rings is 1. The highest BCUT2D eigenvalue weighted by Gasteiger charge is 2.13. The highest BCUT2D eigenvalue weighted by Crippen LogP contribution is 2.17. The van der Waals surface area contributed by atoms with Gasteiger partial charge in [-0.1, -0.05) is 0 Å². The molecular formula is C12H11FN4O3. The van der Waals surface area contributed by atoms with Gasteiger partial charge in [-0.25, -0.2) is 14.2 Å². The maximum Gasteiger partial charge on any atom is 0.337 e. The molecule has 0 spiro atoms. The predicted molar refractivity (Wildman–Crippen MR) is 66.6 cm³/mol. The van der Waals surface area contributed by atoms with E-state index in [2.05, 4.69) is 15.4 Å². The largest absolute Gasteiger partial charge is 0.478 e. The zero-order valence-electron chi connectivity index (χ0n) is 10.3. The van der Waals surface area contributed by atoms with Gasteiger partial charge in [0.25, 0.3) is 0 Å². The number of nitrogens with one attached hydrogen (secondary N) is 1. The quantitative estimate of drug-likeness (QED) is 0.854. The second-order valence-electron chi connectivity index (χ2n) is 3.95. The molecule has 0 atom stereocenters. The summed E-state index contributed by atoms with van der Waals surface area (Å²) in [7, 11) is 0. The van der Waals surface area contributed by atoms with Crippen molar-refractivity contribution >= 4 is 17.6 Å². The van der Waals surface area contributed by atoms with E-state index >= 15 is 0 Å². The van der Waals surface area contributed by atoms with E-state index in [0.29, 0.717) is 6.54 Å². The molecule has 8 heteroatoms. The monoisotopic (exact) mass is 278 g/mol. The summed E-state index contributed by atoms with van der Waals surface area (Å²) in [5.74, 6) is -2.38. The van der Waals surface area contributed by atoms with E-state index in [1.807, 2.05) is 0 Å². The first kappa shape index (κ1) is 13.7. The fourth-order valence-electron chi connectivity index (χ4n) is 1.58. The average Bonchev–Trinajstić information content (AvgIpc) is 2.91. The molecule has 0 radical (unpaired) electrons. The summed E-state index contributed by atoms with van der Waals surface area (Å²) in [6.07, 6.45) is 2.91. The Morgan fingerprint density at radius 1 is 1.40 bits per heavy atom. The first-order valence-corrected chi connectivity index (χ1v) is 5.71.